The Morgan fingerprint density at radius 3 is 2.73 bits per heavy atom. The maximum atomic E-state index is 8.29. The van der Waals surface area contributed by atoms with Gasteiger partial charge in [-0.05, 0) is 81.0 Å². The Kier molecular flexibility index (Phi) is 2.34. The summed E-state index contributed by atoms with van der Waals surface area (Å²) in [5.74, 6) is 2.44. The molecule has 0 aromatic heterocycles. The van der Waals surface area contributed by atoms with Crippen molar-refractivity contribution in [2.75, 3.05) is 0 Å². The molecule has 0 saturated heterocycles. The number of hydrogen-bond donors (Lipinski definition) is 1. The highest BCUT2D eigenvalue weighted by Crippen LogP contribution is 2.91. The maximum Gasteiger partial charge on any atom is 0.00946 e. The number of hydrogen-bond acceptors (Lipinski definition) is 1. The van der Waals surface area contributed by atoms with Gasteiger partial charge in [0.2, 0.25) is 0 Å². The SMILES string of the molecule is C=C1C=C2CCC34C5CCC(C(C)=N)C5(C)CCC3C24CC1. The van der Waals surface area contributed by atoms with Crippen LogP contribution >= 0.6 is 0 Å². The fourth-order valence-electron chi connectivity index (χ4n) is 8.47. The largest absolute Gasteiger partial charge is 0.310 e. The summed E-state index contributed by atoms with van der Waals surface area (Å²) in [5.41, 5.74) is 5.77. The van der Waals surface area contributed by atoms with Crippen LogP contribution in [0.5, 0.6) is 0 Å². The Morgan fingerprint density at radius 1 is 1.14 bits per heavy atom. The minimum atomic E-state index is 0.426. The molecule has 22 heavy (non-hydrogen) atoms. The molecule has 118 valence electrons. The molecule has 4 fully saturated rings. The summed E-state index contributed by atoms with van der Waals surface area (Å²) in [6, 6.07) is 0. The molecule has 4 saturated carbocycles. The highest BCUT2D eigenvalue weighted by molar-refractivity contribution is 5.82. The van der Waals surface area contributed by atoms with E-state index in [0.29, 0.717) is 22.2 Å². The second-order valence-electron chi connectivity index (χ2n) is 9.30. The van der Waals surface area contributed by atoms with Crippen molar-refractivity contribution in [2.24, 2.45) is 34.0 Å². The lowest BCUT2D eigenvalue weighted by atomic mass is 9.59. The van der Waals surface area contributed by atoms with E-state index in [0.717, 1.165) is 17.5 Å². The first-order valence-corrected chi connectivity index (χ1v) is 9.41. The zero-order valence-corrected chi connectivity index (χ0v) is 14.2. The Balaban J connectivity index is 1.61. The van der Waals surface area contributed by atoms with Gasteiger partial charge >= 0.3 is 0 Å². The van der Waals surface area contributed by atoms with Crippen LogP contribution in [0.25, 0.3) is 0 Å². The minimum Gasteiger partial charge on any atom is -0.310 e. The van der Waals surface area contributed by atoms with E-state index in [1.807, 2.05) is 0 Å². The van der Waals surface area contributed by atoms with Gasteiger partial charge in [-0.3, -0.25) is 0 Å². The first kappa shape index (κ1) is 13.6. The fourth-order valence-corrected chi connectivity index (χ4v) is 8.47. The van der Waals surface area contributed by atoms with Gasteiger partial charge in [-0.1, -0.05) is 30.7 Å². The molecule has 6 unspecified atom stereocenters. The maximum absolute atomic E-state index is 8.29. The summed E-state index contributed by atoms with van der Waals surface area (Å²) in [6.07, 6.45) is 13.4. The molecule has 0 bridgehead atoms. The molecule has 0 aromatic rings. The number of rotatable bonds is 1. The third-order valence-electron chi connectivity index (χ3n) is 9.02. The van der Waals surface area contributed by atoms with Crippen LogP contribution in [0.3, 0.4) is 0 Å². The molecule has 6 atom stereocenters. The normalized spacial score (nSPS) is 54.9. The van der Waals surface area contributed by atoms with Crippen LogP contribution in [-0.2, 0) is 0 Å². The lowest BCUT2D eigenvalue weighted by molar-refractivity contribution is 0.0524. The summed E-state index contributed by atoms with van der Waals surface area (Å²) in [7, 11) is 0. The summed E-state index contributed by atoms with van der Waals surface area (Å²) >= 11 is 0. The number of nitrogens with one attached hydrogen (secondary N) is 1. The first-order chi connectivity index (χ1) is 10.5. The topological polar surface area (TPSA) is 23.9 Å². The van der Waals surface area contributed by atoms with Crippen LogP contribution in [-0.4, -0.2) is 5.71 Å². The van der Waals surface area contributed by atoms with Gasteiger partial charge in [-0.15, -0.1) is 0 Å². The summed E-state index contributed by atoms with van der Waals surface area (Å²) in [5, 5.41) is 8.29. The first-order valence-electron chi connectivity index (χ1n) is 9.41. The van der Waals surface area contributed by atoms with Crippen molar-refractivity contribution in [2.45, 2.75) is 65.2 Å². The van der Waals surface area contributed by atoms with Crippen molar-refractivity contribution in [1.29, 1.82) is 5.41 Å². The van der Waals surface area contributed by atoms with E-state index in [4.69, 9.17) is 5.41 Å². The summed E-state index contributed by atoms with van der Waals surface area (Å²) < 4.78 is 0. The average Bonchev–Trinajstić information content (AvgIpc) is 2.74. The van der Waals surface area contributed by atoms with Crippen molar-refractivity contribution in [3.8, 4) is 0 Å². The van der Waals surface area contributed by atoms with Crippen LogP contribution in [0.4, 0.5) is 0 Å². The lowest BCUT2D eigenvalue weighted by Gasteiger charge is -2.45. The highest BCUT2D eigenvalue weighted by Gasteiger charge is 2.84. The van der Waals surface area contributed by atoms with Crippen molar-refractivity contribution in [3.05, 3.63) is 23.8 Å². The monoisotopic (exact) mass is 295 g/mol. The quantitative estimate of drug-likeness (QED) is 0.615. The standard InChI is InChI=1S/C21H29N/c1-13-6-10-20-15(12-13)7-11-21(20)17-5-4-16(14(2)22)19(17,3)9-8-18(20)21/h12,16-18,22H,1,4-11H2,2-3H3. The molecule has 1 nitrogen and oxygen atoms in total. The Labute approximate surface area is 134 Å². The van der Waals surface area contributed by atoms with Crippen LogP contribution in [0, 0.1) is 39.4 Å². The highest BCUT2D eigenvalue weighted by atomic mass is 14.9. The van der Waals surface area contributed by atoms with E-state index in [1.54, 1.807) is 5.57 Å². The van der Waals surface area contributed by atoms with E-state index >= 15 is 0 Å². The van der Waals surface area contributed by atoms with E-state index in [1.165, 1.54) is 56.9 Å². The third-order valence-corrected chi connectivity index (χ3v) is 9.02. The smallest absolute Gasteiger partial charge is 0.00946 e. The van der Waals surface area contributed by atoms with Gasteiger partial charge in [0.15, 0.2) is 0 Å². The Hall–Kier alpha value is -0.850. The zero-order chi connectivity index (χ0) is 15.3. The van der Waals surface area contributed by atoms with Crippen molar-refractivity contribution in [1.82, 2.24) is 0 Å². The van der Waals surface area contributed by atoms with Gasteiger partial charge in [0, 0.05) is 17.0 Å². The molecular formula is C21H29N. The van der Waals surface area contributed by atoms with Gasteiger partial charge in [-0.2, -0.15) is 0 Å². The van der Waals surface area contributed by atoms with Crippen molar-refractivity contribution >= 4 is 5.71 Å². The lowest BCUT2D eigenvalue weighted by Crippen LogP contribution is -2.40. The molecule has 5 aliphatic carbocycles. The van der Waals surface area contributed by atoms with Crippen molar-refractivity contribution in [3.63, 3.8) is 0 Å². The Morgan fingerprint density at radius 2 is 1.95 bits per heavy atom. The molecule has 1 N–H and O–H groups in total. The molecule has 0 radical (unpaired) electrons. The van der Waals surface area contributed by atoms with Gasteiger partial charge in [0.05, 0.1) is 0 Å². The van der Waals surface area contributed by atoms with Gasteiger partial charge < -0.3 is 5.41 Å². The molecule has 5 aliphatic rings. The number of fused-ring (bicyclic) bond motifs is 1. The summed E-state index contributed by atoms with van der Waals surface area (Å²) in [4.78, 5) is 0. The van der Waals surface area contributed by atoms with Gasteiger partial charge in [0.25, 0.3) is 0 Å². The van der Waals surface area contributed by atoms with Gasteiger partial charge in [0.1, 0.15) is 0 Å². The summed E-state index contributed by atoms with van der Waals surface area (Å²) in [6.45, 7) is 8.86. The van der Waals surface area contributed by atoms with Crippen LogP contribution in [0.1, 0.15) is 65.2 Å². The molecule has 0 heterocycles. The molecular weight excluding hydrogens is 266 g/mol. The second-order valence-corrected chi connectivity index (χ2v) is 9.30. The van der Waals surface area contributed by atoms with Crippen LogP contribution < -0.4 is 0 Å². The van der Waals surface area contributed by atoms with E-state index < -0.39 is 0 Å². The van der Waals surface area contributed by atoms with Gasteiger partial charge in [-0.25, -0.2) is 0 Å². The minimum absolute atomic E-state index is 0.426. The molecule has 2 spiro atoms. The zero-order valence-electron chi connectivity index (χ0n) is 14.2. The molecule has 5 rings (SSSR count). The van der Waals surface area contributed by atoms with Crippen LogP contribution in [0.15, 0.2) is 23.8 Å². The van der Waals surface area contributed by atoms with E-state index in [2.05, 4.69) is 26.5 Å². The number of allylic oxidation sites excluding steroid dienone is 3. The predicted molar refractivity (Wildman–Crippen MR) is 91.0 cm³/mol. The molecule has 0 aliphatic heterocycles. The molecule has 1 heteroatoms. The van der Waals surface area contributed by atoms with Crippen LogP contribution in [0.2, 0.25) is 0 Å². The third kappa shape index (κ3) is 1.18. The molecule has 0 aromatic carbocycles. The fraction of sp³-hybridized carbons (Fsp3) is 0.762. The van der Waals surface area contributed by atoms with E-state index in [-0.39, 0.29) is 0 Å². The van der Waals surface area contributed by atoms with E-state index in [9.17, 15) is 0 Å². The average molecular weight is 295 g/mol. The second kappa shape index (κ2) is 3.79. The van der Waals surface area contributed by atoms with Crippen molar-refractivity contribution < 1.29 is 0 Å². The Bertz CT molecular complexity index is 628. The molecule has 0 amide bonds. The predicted octanol–water partition coefficient (Wildman–Crippen LogP) is 5.53.